The molecule has 0 bridgehead atoms. The largest absolute Gasteiger partial charge is 0.329 e. The lowest BCUT2D eigenvalue weighted by atomic mass is 9.89. The van der Waals surface area contributed by atoms with Crippen LogP contribution in [0.3, 0.4) is 0 Å². The zero-order chi connectivity index (χ0) is 13.8. The van der Waals surface area contributed by atoms with E-state index < -0.39 is 0 Å². The first kappa shape index (κ1) is 13.3. The molecule has 2 aromatic rings. The highest BCUT2D eigenvalue weighted by molar-refractivity contribution is 5.26. The van der Waals surface area contributed by atoms with Gasteiger partial charge in [-0.1, -0.05) is 49.6 Å². The predicted molar refractivity (Wildman–Crippen MR) is 79.5 cm³/mol. The van der Waals surface area contributed by atoms with Crippen LogP contribution < -0.4 is 5.73 Å². The summed E-state index contributed by atoms with van der Waals surface area (Å²) in [6.07, 6.45) is 6.42. The van der Waals surface area contributed by atoms with E-state index in [1.54, 1.807) is 0 Å². The fraction of sp³-hybridized carbons (Fsp3) is 0.500. The summed E-state index contributed by atoms with van der Waals surface area (Å²) in [4.78, 5) is 4.73. The lowest BCUT2D eigenvalue weighted by molar-refractivity contribution is 0.429. The smallest absolute Gasteiger partial charge is 0.159 e. The van der Waals surface area contributed by atoms with E-state index in [1.807, 2.05) is 18.2 Å². The van der Waals surface area contributed by atoms with Gasteiger partial charge in [-0.25, -0.2) is 4.98 Å². The predicted octanol–water partition coefficient (Wildman–Crippen LogP) is 2.94. The van der Waals surface area contributed by atoms with Crippen LogP contribution in [0.1, 0.15) is 61.2 Å². The molecule has 3 N–H and O–H groups in total. The van der Waals surface area contributed by atoms with Crippen LogP contribution in [0.5, 0.6) is 0 Å². The summed E-state index contributed by atoms with van der Waals surface area (Å²) in [7, 11) is 0. The lowest BCUT2D eigenvalue weighted by Gasteiger charge is -2.18. The van der Waals surface area contributed by atoms with Crippen LogP contribution >= 0.6 is 0 Å². The van der Waals surface area contributed by atoms with Crippen LogP contribution in [0.25, 0.3) is 0 Å². The topological polar surface area (TPSA) is 67.6 Å². The highest BCUT2D eigenvalue weighted by Crippen LogP contribution is 2.31. The van der Waals surface area contributed by atoms with Crippen LogP contribution in [-0.4, -0.2) is 21.7 Å². The molecule has 1 aliphatic carbocycles. The first-order chi connectivity index (χ1) is 9.88. The van der Waals surface area contributed by atoms with Gasteiger partial charge in [0.05, 0.1) is 5.92 Å². The number of nitrogens with zero attached hydrogens (tertiary/aromatic N) is 2. The van der Waals surface area contributed by atoms with Gasteiger partial charge in [0.15, 0.2) is 5.82 Å². The molecular formula is C16H22N4. The third-order valence-corrected chi connectivity index (χ3v) is 4.26. The van der Waals surface area contributed by atoms with Crippen molar-refractivity contribution in [1.29, 1.82) is 0 Å². The molecule has 4 nitrogen and oxygen atoms in total. The Morgan fingerprint density at radius 3 is 2.60 bits per heavy atom. The number of aromatic nitrogens is 3. The summed E-state index contributed by atoms with van der Waals surface area (Å²) < 4.78 is 0. The monoisotopic (exact) mass is 270 g/mol. The minimum Gasteiger partial charge on any atom is -0.329 e. The van der Waals surface area contributed by atoms with Crippen molar-refractivity contribution >= 4 is 0 Å². The molecule has 1 aliphatic rings. The second-order valence-electron chi connectivity index (χ2n) is 5.61. The molecule has 1 fully saturated rings. The molecule has 1 heterocycles. The Morgan fingerprint density at radius 1 is 1.15 bits per heavy atom. The molecule has 106 valence electrons. The SMILES string of the molecule is NCC(c1ccccc1)c1n[nH]c(C2CCCCC2)n1. The van der Waals surface area contributed by atoms with Crippen LogP contribution in [0.2, 0.25) is 0 Å². The standard InChI is InChI=1S/C16H22N4/c17-11-14(12-7-3-1-4-8-12)16-18-15(19-20-16)13-9-5-2-6-10-13/h1,3-4,7-8,13-14H,2,5-6,9-11,17H2,(H,18,19,20). The molecule has 1 saturated carbocycles. The first-order valence-corrected chi connectivity index (χ1v) is 7.55. The van der Waals surface area contributed by atoms with Gasteiger partial charge in [0.1, 0.15) is 5.82 Å². The van der Waals surface area contributed by atoms with E-state index in [4.69, 9.17) is 10.7 Å². The van der Waals surface area contributed by atoms with Crippen LogP contribution in [0.4, 0.5) is 0 Å². The number of hydrogen-bond donors (Lipinski definition) is 2. The van der Waals surface area contributed by atoms with Gasteiger partial charge in [-0.2, -0.15) is 5.10 Å². The Bertz CT molecular complexity index is 528. The van der Waals surface area contributed by atoms with E-state index >= 15 is 0 Å². The summed E-state index contributed by atoms with van der Waals surface area (Å²) in [5.74, 6) is 2.53. The Hall–Kier alpha value is -1.68. The van der Waals surface area contributed by atoms with E-state index in [9.17, 15) is 0 Å². The highest BCUT2D eigenvalue weighted by atomic mass is 15.2. The number of nitrogens with one attached hydrogen (secondary N) is 1. The van der Waals surface area contributed by atoms with E-state index in [-0.39, 0.29) is 5.92 Å². The van der Waals surface area contributed by atoms with Crippen molar-refractivity contribution in [3.05, 3.63) is 47.5 Å². The van der Waals surface area contributed by atoms with Gasteiger partial charge in [0.2, 0.25) is 0 Å². The quantitative estimate of drug-likeness (QED) is 0.897. The first-order valence-electron chi connectivity index (χ1n) is 7.55. The van der Waals surface area contributed by atoms with Gasteiger partial charge in [-0.05, 0) is 18.4 Å². The highest BCUT2D eigenvalue weighted by Gasteiger charge is 2.22. The zero-order valence-electron chi connectivity index (χ0n) is 11.8. The second-order valence-corrected chi connectivity index (χ2v) is 5.61. The molecule has 1 aromatic heterocycles. The Kier molecular flexibility index (Phi) is 4.11. The van der Waals surface area contributed by atoms with Crippen LogP contribution in [0.15, 0.2) is 30.3 Å². The molecule has 1 unspecified atom stereocenters. The minimum absolute atomic E-state index is 0.0878. The van der Waals surface area contributed by atoms with Crippen molar-refractivity contribution in [2.75, 3.05) is 6.54 Å². The fourth-order valence-corrected chi connectivity index (χ4v) is 3.08. The maximum atomic E-state index is 5.93. The van der Waals surface area contributed by atoms with E-state index in [1.165, 1.54) is 37.7 Å². The molecular weight excluding hydrogens is 248 g/mol. The van der Waals surface area contributed by atoms with Gasteiger partial charge in [-0.15, -0.1) is 0 Å². The van der Waals surface area contributed by atoms with Gasteiger partial charge < -0.3 is 5.73 Å². The van der Waals surface area contributed by atoms with Crippen molar-refractivity contribution in [3.8, 4) is 0 Å². The Morgan fingerprint density at radius 2 is 1.90 bits per heavy atom. The lowest BCUT2D eigenvalue weighted by Crippen LogP contribution is -2.15. The molecule has 1 aromatic carbocycles. The molecule has 20 heavy (non-hydrogen) atoms. The van der Waals surface area contributed by atoms with Crippen LogP contribution in [-0.2, 0) is 0 Å². The van der Waals surface area contributed by atoms with Gasteiger partial charge in [0, 0.05) is 12.5 Å². The number of H-pyrrole nitrogens is 1. The van der Waals surface area contributed by atoms with Crippen molar-refractivity contribution in [3.63, 3.8) is 0 Å². The number of rotatable bonds is 4. The minimum atomic E-state index is 0.0878. The number of nitrogens with two attached hydrogens (primary N) is 1. The Balaban J connectivity index is 1.81. The molecule has 1 atom stereocenters. The third-order valence-electron chi connectivity index (χ3n) is 4.26. The van der Waals surface area contributed by atoms with Crippen molar-refractivity contribution < 1.29 is 0 Å². The maximum Gasteiger partial charge on any atom is 0.159 e. The Labute approximate surface area is 119 Å². The average molecular weight is 270 g/mol. The van der Waals surface area contributed by atoms with Gasteiger partial charge in [-0.3, -0.25) is 5.10 Å². The zero-order valence-corrected chi connectivity index (χ0v) is 11.8. The van der Waals surface area contributed by atoms with E-state index in [2.05, 4.69) is 22.3 Å². The summed E-state index contributed by atoms with van der Waals surface area (Å²) in [5, 5.41) is 7.57. The third kappa shape index (κ3) is 2.75. The van der Waals surface area contributed by atoms with E-state index in [0.29, 0.717) is 12.5 Å². The molecule has 3 rings (SSSR count). The fourth-order valence-electron chi connectivity index (χ4n) is 3.08. The van der Waals surface area contributed by atoms with Crippen molar-refractivity contribution in [1.82, 2.24) is 15.2 Å². The van der Waals surface area contributed by atoms with Crippen LogP contribution in [0, 0.1) is 0 Å². The molecule has 0 saturated heterocycles. The molecule has 4 heteroatoms. The van der Waals surface area contributed by atoms with Crippen molar-refractivity contribution in [2.45, 2.75) is 43.9 Å². The molecule has 0 spiro atoms. The summed E-state index contributed by atoms with van der Waals surface area (Å²) in [6.45, 7) is 0.534. The normalized spacial score (nSPS) is 18.1. The molecule has 0 amide bonds. The molecule has 0 aliphatic heterocycles. The second kappa shape index (κ2) is 6.18. The number of benzene rings is 1. The summed E-state index contributed by atoms with van der Waals surface area (Å²) >= 11 is 0. The molecule has 0 radical (unpaired) electrons. The van der Waals surface area contributed by atoms with Gasteiger partial charge in [0.25, 0.3) is 0 Å². The summed E-state index contributed by atoms with van der Waals surface area (Å²) in [5.41, 5.74) is 7.12. The number of hydrogen-bond acceptors (Lipinski definition) is 3. The maximum absolute atomic E-state index is 5.93. The summed E-state index contributed by atoms with van der Waals surface area (Å²) in [6, 6.07) is 10.3. The van der Waals surface area contributed by atoms with Crippen molar-refractivity contribution in [2.24, 2.45) is 5.73 Å². The number of aromatic amines is 1. The van der Waals surface area contributed by atoms with E-state index in [0.717, 1.165) is 11.6 Å². The average Bonchev–Trinajstić information content (AvgIpc) is 3.00. The van der Waals surface area contributed by atoms with Gasteiger partial charge >= 0.3 is 0 Å².